The lowest BCUT2D eigenvalue weighted by molar-refractivity contribution is 0.595. The minimum absolute atomic E-state index is 0.353. The molecule has 0 spiro atoms. The largest absolute Gasteiger partial charge is 0.312 e. The molecule has 1 atom stereocenters. The molecule has 0 radical (unpaired) electrons. The SMILES string of the molecule is CNC(Cc1csc(C)n1)c1cc(C)c(Br)s1. The number of nitrogens with one attached hydrogen (secondary N) is 1. The Labute approximate surface area is 118 Å². The maximum absolute atomic E-state index is 4.52. The van der Waals surface area contributed by atoms with Crippen LogP contribution >= 0.6 is 38.6 Å². The third kappa shape index (κ3) is 3.16. The predicted molar refractivity (Wildman–Crippen MR) is 79.1 cm³/mol. The lowest BCUT2D eigenvalue weighted by Crippen LogP contribution is -2.17. The average molecular weight is 331 g/mol. The summed E-state index contributed by atoms with van der Waals surface area (Å²) in [6.07, 6.45) is 0.952. The van der Waals surface area contributed by atoms with Gasteiger partial charge in [-0.1, -0.05) is 0 Å². The van der Waals surface area contributed by atoms with Crippen LogP contribution in [-0.4, -0.2) is 12.0 Å². The van der Waals surface area contributed by atoms with Gasteiger partial charge in [0.25, 0.3) is 0 Å². The second-order valence-corrected chi connectivity index (χ2v) is 7.47. The molecule has 2 rings (SSSR count). The third-order valence-electron chi connectivity index (χ3n) is 2.65. The van der Waals surface area contributed by atoms with Crippen molar-refractivity contribution in [1.82, 2.24) is 10.3 Å². The summed E-state index contributed by atoms with van der Waals surface area (Å²) < 4.78 is 1.22. The maximum Gasteiger partial charge on any atom is 0.0897 e. The third-order valence-corrected chi connectivity index (χ3v) is 5.72. The number of likely N-dealkylation sites (N-methyl/N-ethyl adjacent to an activating group) is 1. The van der Waals surface area contributed by atoms with E-state index in [4.69, 9.17) is 0 Å². The summed E-state index contributed by atoms with van der Waals surface area (Å²) in [6, 6.07) is 2.60. The summed E-state index contributed by atoms with van der Waals surface area (Å²) in [7, 11) is 2.01. The van der Waals surface area contributed by atoms with Crippen LogP contribution in [0.15, 0.2) is 15.2 Å². The summed E-state index contributed by atoms with van der Waals surface area (Å²) >= 11 is 7.10. The number of hydrogen-bond donors (Lipinski definition) is 1. The Kier molecular flexibility index (Phi) is 4.36. The van der Waals surface area contributed by atoms with Gasteiger partial charge < -0.3 is 5.32 Å². The summed E-state index contributed by atoms with van der Waals surface area (Å²) in [5, 5.41) is 6.66. The van der Waals surface area contributed by atoms with Crippen LogP contribution in [0.1, 0.15) is 27.2 Å². The zero-order valence-corrected chi connectivity index (χ0v) is 13.3. The van der Waals surface area contributed by atoms with E-state index in [1.807, 2.05) is 7.05 Å². The normalized spacial score (nSPS) is 12.9. The van der Waals surface area contributed by atoms with E-state index in [9.17, 15) is 0 Å². The lowest BCUT2D eigenvalue weighted by atomic mass is 10.1. The number of thiophene rings is 1. The number of thiazole rings is 1. The molecule has 2 heterocycles. The highest BCUT2D eigenvalue weighted by atomic mass is 79.9. The van der Waals surface area contributed by atoms with Gasteiger partial charge in [0.2, 0.25) is 0 Å². The van der Waals surface area contributed by atoms with Crippen molar-refractivity contribution in [3.8, 4) is 0 Å². The molecule has 1 unspecified atom stereocenters. The number of hydrogen-bond acceptors (Lipinski definition) is 4. The van der Waals surface area contributed by atoms with Gasteiger partial charge in [-0.05, 0) is 48.5 Å². The highest BCUT2D eigenvalue weighted by Gasteiger charge is 2.15. The quantitative estimate of drug-likeness (QED) is 0.913. The Balaban J connectivity index is 2.16. The summed E-state index contributed by atoms with van der Waals surface area (Å²) in [4.78, 5) is 5.89. The molecule has 0 saturated heterocycles. The van der Waals surface area contributed by atoms with Gasteiger partial charge in [0, 0.05) is 22.7 Å². The van der Waals surface area contributed by atoms with Gasteiger partial charge in [-0.2, -0.15) is 0 Å². The van der Waals surface area contributed by atoms with Crippen molar-refractivity contribution in [1.29, 1.82) is 0 Å². The molecule has 0 fully saturated rings. The molecule has 0 aliphatic carbocycles. The van der Waals surface area contributed by atoms with Crippen molar-refractivity contribution >= 4 is 38.6 Å². The Hall–Kier alpha value is -0.230. The van der Waals surface area contributed by atoms with E-state index in [1.54, 1.807) is 22.7 Å². The Morgan fingerprint density at radius 2 is 2.24 bits per heavy atom. The molecule has 2 nitrogen and oxygen atoms in total. The van der Waals surface area contributed by atoms with Crippen LogP contribution in [0, 0.1) is 13.8 Å². The zero-order chi connectivity index (χ0) is 12.4. The van der Waals surface area contributed by atoms with Crippen LogP contribution in [0.4, 0.5) is 0 Å². The van der Waals surface area contributed by atoms with Gasteiger partial charge in [0.1, 0.15) is 0 Å². The van der Waals surface area contributed by atoms with Gasteiger partial charge in [-0.3, -0.25) is 0 Å². The van der Waals surface area contributed by atoms with Crippen LogP contribution in [0.2, 0.25) is 0 Å². The van der Waals surface area contributed by atoms with Crippen LogP contribution in [0.3, 0.4) is 0 Å². The number of rotatable bonds is 4. The minimum atomic E-state index is 0.353. The molecule has 1 N–H and O–H groups in total. The highest BCUT2D eigenvalue weighted by Crippen LogP contribution is 2.32. The second-order valence-electron chi connectivity index (χ2n) is 4.01. The van der Waals surface area contributed by atoms with Crippen LogP contribution in [0.5, 0.6) is 0 Å². The van der Waals surface area contributed by atoms with E-state index in [0.29, 0.717) is 6.04 Å². The van der Waals surface area contributed by atoms with Crippen molar-refractivity contribution in [2.24, 2.45) is 0 Å². The molecule has 0 saturated carbocycles. The number of nitrogens with zero attached hydrogens (tertiary/aromatic N) is 1. The molecule has 0 amide bonds. The van der Waals surface area contributed by atoms with E-state index in [-0.39, 0.29) is 0 Å². The molecule has 92 valence electrons. The first kappa shape index (κ1) is 13.2. The Morgan fingerprint density at radius 3 is 2.71 bits per heavy atom. The van der Waals surface area contributed by atoms with E-state index in [0.717, 1.165) is 11.4 Å². The fraction of sp³-hybridized carbons (Fsp3) is 0.417. The standard InChI is InChI=1S/C12H15BrN2S2/c1-7-4-11(17-12(7)13)10(14-3)5-9-6-16-8(2)15-9/h4,6,10,14H,5H2,1-3H3. The molecule has 5 heteroatoms. The summed E-state index contributed by atoms with van der Waals surface area (Å²) in [5.41, 5.74) is 2.48. The molecular formula is C12H15BrN2S2. The molecule has 2 aromatic heterocycles. The summed E-state index contributed by atoms with van der Waals surface area (Å²) in [6.45, 7) is 4.18. The zero-order valence-electron chi connectivity index (χ0n) is 10.1. The first-order valence-electron chi connectivity index (χ1n) is 5.44. The predicted octanol–water partition coefficient (Wildman–Crippen LogP) is 4.09. The molecule has 0 bridgehead atoms. The van der Waals surface area contributed by atoms with Gasteiger partial charge >= 0.3 is 0 Å². The van der Waals surface area contributed by atoms with E-state index < -0.39 is 0 Å². The second kappa shape index (κ2) is 5.61. The number of aryl methyl sites for hydroxylation is 2. The molecule has 0 aromatic carbocycles. The highest BCUT2D eigenvalue weighted by molar-refractivity contribution is 9.11. The molecule has 0 aliphatic rings. The van der Waals surface area contributed by atoms with Crippen molar-refractivity contribution in [3.63, 3.8) is 0 Å². The van der Waals surface area contributed by atoms with Crippen LogP contribution in [0.25, 0.3) is 0 Å². The van der Waals surface area contributed by atoms with Crippen molar-refractivity contribution in [3.05, 3.63) is 36.4 Å². The van der Waals surface area contributed by atoms with Gasteiger partial charge in [0.05, 0.1) is 14.5 Å². The van der Waals surface area contributed by atoms with Crippen LogP contribution < -0.4 is 5.32 Å². The van der Waals surface area contributed by atoms with E-state index in [1.165, 1.54) is 19.9 Å². The topological polar surface area (TPSA) is 24.9 Å². The van der Waals surface area contributed by atoms with E-state index >= 15 is 0 Å². The molecule has 2 aromatic rings. The van der Waals surface area contributed by atoms with Crippen molar-refractivity contribution in [2.75, 3.05) is 7.05 Å². The Morgan fingerprint density at radius 1 is 1.47 bits per heavy atom. The van der Waals surface area contributed by atoms with Gasteiger partial charge in [-0.15, -0.1) is 22.7 Å². The molecular weight excluding hydrogens is 316 g/mol. The number of aromatic nitrogens is 1. The monoisotopic (exact) mass is 330 g/mol. The van der Waals surface area contributed by atoms with Gasteiger partial charge in [-0.25, -0.2) is 4.98 Å². The van der Waals surface area contributed by atoms with Gasteiger partial charge in [0.15, 0.2) is 0 Å². The fourth-order valence-corrected chi connectivity index (χ4v) is 4.02. The molecule has 17 heavy (non-hydrogen) atoms. The first-order chi connectivity index (χ1) is 8.10. The number of halogens is 1. The summed E-state index contributed by atoms with van der Waals surface area (Å²) in [5.74, 6) is 0. The average Bonchev–Trinajstić information content (AvgIpc) is 2.83. The maximum atomic E-state index is 4.52. The Bertz CT molecular complexity index is 485. The van der Waals surface area contributed by atoms with Crippen molar-refractivity contribution in [2.45, 2.75) is 26.3 Å². The van der Waals surface area contributed by atoms with Crippen LogP contribution in [-0.2, 0) is 6.42 Å². The minimum Gasteiger partial charge on any atom is -0.312 e. The fourth-order valence-electron chi connectivity index (χ4n) is 1.71. The lowest BCUT2D eigenvalue weighted by Gasteiger charge is -2.12. The molecule has 0 aliphatic heterocycles. The van der Waals surface area contributed by atoms with E-state index in [2.05, 4.69) is 51.5 Å². The first-order valence-corrected chi connectivity index (χ1v) is 7.93. The van der Waals surface area contributed by atoms with Crippen molar-refractivity contribution < 1.29 is 0 Å². The smallest absolute Gasteiger partial charge is 0.0897 e.